The van der Waals surface area contributed by atoms with Gasteiger partial charge in [0.15, 0.2) is 0 Å². The lowest BCUT2D eigenvalue weighted by molar-refractivity contribution is -0.0148. The van der Waals surface area contributed by atoms with Gasteiger partial charge in [0.25, 0.3) is 0 Å². The van der Waals surface area contributed by atoms with Crippen molar-refractivity contribution in [3.63, 3.8) is 0 Å². The zero-order valence-corrected chi connectivity index (χ0v) is 11.5. The van der Waals surface area contributed by atoms with Gasteiger partial charge < -0.3 is 14.8 Å². The van der Waals surface area contributed by atoms with Crippen molar-refractivity contribution in [1.82, 2.24) is 5.32 Å². The van der Waals surface area contributed by atoms with E-state index in [-0.39, 0.29) is 5.60 Å². The Morgan fingerprint density at radius 2 is 2.06 bits per heavy atom. The molecule has 2 rings (SSSR count). The molecular formula is C14H27NO2. The van der Waals surface area contributed by atoms with Gasteiger partial charge >= 0.3 is 0 Å². The molecule has 2 heterocycles. The number of rotatable bonds is 5. The quantitative estimate of drug-likeness (QED) is 0.801. The van der Waals surface area contributed by atoms with Crippen molar-refractivity contribution in [1.29, 1.82) is 0 Å². The molecule has 3 unspecified atom stereocenters. The average molecular weight is 241 g/mol. The Kier molecular flexibility index (Phi) is 4.45. The average Bonchev–Trinajstić information content (AvgIpc) is 2.85. The van der Waals surface area contributed by atoms with Crippen molar-refractivity contribution < 1.29 is 9.47 Å². The van der Waals surface area contributed by atoms with Gasteiger partial charge in [-0.3, -0.25) is 0 Å². The second kappa shape index (κ2) is 5.68. The summed E-state index contributed by atoms with van der Waals surface area (Å²) in [6, 6.07) is 0. The molecule has 0 aromatic carbocycles. The van der Waals surface area contributed by atoms with E-state index in [9.17, 15) is 0 Å². The fourth-order valence-electron chi connectivity index (χ4n) is 3.03. The summed E-state index contributed by atoms with van der Waals surface area (Å²) in [5.74, 6) is 0.703. The van der Waals surface area contributed by atoms with E-state index >= 15 is 0 Å². The Morgan fingerprint density at radius 3 is 2.71 bits per heavy atom. The molecule has 0 bridgehead atoms. The topological polar surface area (TPSA) is 30.5 Å². The number of hydrogen-bond acceptors (Lipinski definition) is 3. The van der Waals surface area contributed by atoms with Crippen LogP contribution in [0.25, 0.3) is 0 Å². The highest BCUT2D eigenvalue weighted by atomic mass is 16.5. The van der Waals surface area contributed by atoms with Gasteiger partial charge in [-0.1, -0.05) is 6.92 Å². The van der Waals surface area contributed by atoms with Gasteiger partial charge in [0, 0.05) is 19.7 Å². The minimum atomic E-state index is 0.0920. The molecule has 2 aliphatic heterocycles. The van der Waals surface area contributed by atoms with Crippen LogP contribution in [0.4, 0.5) is 0 Å². The molecule has 3 heteroatoms. The predicted octanol–water partition coefficient (Wildman–Crippen LogP) is 2.35. The third-order valence-corrected chi connectivity index (χ3v) is 4.08. The van der Waals surface area contributed by atoms with Crippen LogP contribution in [0.1, 0.15) is 46.5 Å². The molecule has 0 aliphatic carbocycles. The smallest absolute Gasteiger partial charge is 0.0707 e. The minimum absolute atomic E-state index is 0.0920. The van der Waals surface area contributed by atoms with E-state index in [2.05, 4.69) is 26.1 Å². The standard InChI is InChI=1S/C14H27NO2/c1-4-13-11(6-8-16-13)9-15-10-12-5-7-14(2,3)17-12/h11-13,15H,4-10H2,1-3H3. The molecule has 3 nitrogen and oxygen atoms in total. The van der Waals surface area contributed by atoms with Crippen LogP contribution in [0.15, 0.2) is 0 Å². The Balaban J connectivity index is 1.63. The lowest BCUT2D eigenvalue weighted by Crippen LogP contribution is -2.34. The summed E-state index contributed by atoms with van der Waals surface area (Å²) in [6.45, 7) is 9.61. The molecule has 2 aliphatic rings. The lowest BCUT2D eigenvalue weighted by atomic mass is 9.99. The van der Waals surface area contributed by atoms with Crippen LogP contribution in [0.3, 0.4) is 0 Å². The van der Waals surface area contributed by atoms with Crippen molar-refractivity contribution in [2.24, 2.45) is 5.92 Å². The maximum atomic E-state index is 5.97. The Labute approximate surface area is 105 Å². The van der Waals surface area contributed by atoms with E-state index in [0.717, 1.165) is 26.1 Å². The van der Waals surface area contributed by atoms with E-state index in [1.54, 1.807) is 0 Å². The first-order chi connectivity index (χ1) is 8.11. The molecule has 0 aromatic heterocycles. The van der Waals surface area contributed by atoms with Gasteiger partial charge in [-0.25, -0.2) is 0 Å². The van der Waals surface area contributed by atoms with E-state index in [1.165, 1.54) is 19.3 Å². The van der Waals surface area contributed by atoms with Gasteiger partial charge in [0.2, 0.25) is 0 Å². The van der Waals surface area contributed by atoms with Crippen molar-refractivity contribution in [2.45, 2.75) is 64.3 Å². The van der Waals surface area contributed by atoms with Crippen LogP contribution >= 0.6 is 0 Å². The van der Waals surface area contributed by atoms with Crippen molar-refractivity contribution in [3.05, 3.63) is 0 Å². The summed E-state index contributed by atoms with van der Waals surface area (Å²) in [5.41, 5.74) is 0.0920. The van der Waals surface area contributed by atoms with Gasteiger partial charge in [0.05, 0.1) is 17.8 Å². The van der Waals surface area contributed by atoms with E-state index in [1.807, 2.05) is 0 Å². The van der Waals surface area contributed by atoms with Crippen LogP contribution in [0.5, 0.6) is 0 Å². The van der Waals surface area contributed by atoms with Crippen LogP contribution in [-0.4, -0.2) is 37.5 Å². The highest BCUT2D eigenvalue weighted by Gasteiger charge is 2.32. The summed E-state index contributed by atoms with van der Waals surface area (Å²) >= 11 is 0. The van der Waals surface area contributed by atoms with E-state index in [0.29, 0.717) is 18.1 Å². The van der Waals surface area contributed by atoms with E-state index in [4.69, 9.17) is 9.47 Å². The highest BCUT2D eigenvalue weighted by Crippen LogP contribution is 2.29. The van der Waals surface area contributed by atoms with Gasteiger partial charge in [-0.05, 0) is 45.4 Å². The molecule has 0 radical (unpaired) electrons. The summed E-state index contributed by atoms with van der Waals surface area (Å²) in [7, 11) is 0. The van der Waals surface area contributed by atoms with Crippen LogP contribution in [0.2, 0.25) is 0 Å². The monoisotopic (exact) mass is 241 g/mol. The largest absolute Gasteiger partial charge is 0.378 e. The predicted molar refractivity (Wildman–Crippen MR) is 69.2 cm³/mol. The molecule has 3 atom stereocenters. The van der Waals surface area contributed by atoms with Crippen molar-refractivity contribution in [3.8, 4) is 0 Å². The van der Waals surface area contributed by atoms with Crippen LogP contribution in [-0.2, 0) is 9.47 Å². The lowest BCUT2D eigenvalue weighted by Gasteiger charge is -2.21. The molecule has 2 fully saturated rings. The molecule has 100 valence electrons. The molecule has 0 amide bonds. The van der Waals surface area contributed by atoms with Gasteiger partial charge in [0.1, 0.15) is 0 Å². The molecule has 2 saturated heterocycles. The fourth-order valence-corrected chi connectivity index (χ4v) is 3.03. The molecule has 1 N–H and O–H groups in total. The third kappa shape index (κ3) is 3.67. The molecule has 0 aromatic rings. The number of hydrogen-bond donors (Lipinski definition) is 1. The Hall–Kier alpha value is -0.120. The zero-order chi connectivity index (χ0) is 12.3. The number of ether oxygens (including phenoxy) is 2. The highest BCUT2D eigenvalue weighted by molar-refractivity contribution is 4.83. The van der Waals surface area contributed by atoms with E-state index < -0.39 is 0 Å². The number of nitrogens with one attached hydrogen (secondary N) is 1. The normalized spacial score (nSPS) is 36.5. The third-order valence-electron chi connectivity index (χ3n) is 4.08. The van der Waals surface area contributed by atoms with Gasteiger partial charge in [-0.2, -0.15) is 0 Å². The fraction of sp³-hybridized carbons (Fsp3) is 1.00. The summed E-state index contributed by atoms with van der Waals surface area (Å²) in [4.78, 5) is 0. The van der Waals surface area contributed by atoms with Crippen molar-refractivity contribution >= 4 is 0 Å². The van der Waals surface area contributed by atoms with Crippen molar-refractivity contribution in [2.75, 3.05) is 19.7 Å². The van der Waals surface area contributed by atoms with Crippen LogP contribution < -0.4 is 5.32 Å². The summed E-state index contributed by atoms with van der Waals surface area (Å²) < 4.78 is 11.7. The Morgan fingerprint density at radius 1 is 1.24 bits per heavy atom. The SMILES string of the molecule is CCC1OCCC1CNCC1CCC(C)(C)O1. The summed E-state index contributed by atoms with van der Waals surface area (Å²) in [6.07, 6.45) is 5.61. The first-order valence-electron chi connectivity index (χ1n) is 7.11. The summed E-state index contributed by atoms with van der Waals surface area (Å²) in [5, 5.41) is 3.57. The maximum absolute atomic E-state index is 5.97. The first-order valence-corrected chi connectivity index (χ1v) is 7.11. The minimum Gasteiger partial charge on any atom is -0.378 e. The second-order valence-electron chi connectivity index (χ2n) is 6.06. The second-order valence-corrected chi connectivity index (χ2v) is 6.06. The molecule has 17 heavy (non-hydrogen) atoms. The Bertz CT molecular complexity index is 242. The van der Waals surface area contributed by atoms with Crippen LogP contribution in [0, 0.1) is 5.92 Å². The van der Waals surface area contributed by atoms with Gasteiger partial charge in [-0.15, -0.1) is 0 Å². The molecular weight excluding hydrogens is 214 g/mol. The first kappa shape index (κ1) is 13.3. The zero-order valence-electron chi connectivity index (χ0n) is 11.5. The maximum Gasteiger partial charge on any atom is 0.0707 e. The molecule has 0 saturated carbocycles. The molecule has 0 spiro atoms.